The maximum absolute atomic E-state index is 14.1. The summed E-state index contributed by atoms with van der Waals surface area (Å²) in [6, 6.07) is 23.4. The number of esters is 1. The molecule has 4 amide bonds. The molecule has 2 unspecified atom stereocenters. The number of amides is 4. The number of carbonyl (C=O) groups excluding carboxylic acids is 6. The minimum Gasteiger partial charge on any atom is -0.460 e. The van der Waals surface area contributed by atoms with Gasteiger partial charge in [0.1, 0.15) is 24.5 Å². The molecular weight excluding hydrogens is 612 g/mol. The summed E-state index contributed by atoms with van der Waals surface area (Å²) in [7, 11) is 0. The third-order valence-electron chi connectivity index (χ3n) is 7.60. The van der Waals surface area contributed by atoms with Gasteiger partial charge < -0.3 is 25.1 Å². The van der Waals surface area contributed by atoms with Gasteiger partial charge in [-0.3, -0.25) is 28.9 Å². The fourth-order valence-electron chi connectivity index (χ4n) is 5.39. The van der Waals surface area contributed by atoms with Gasteiger partial charge in [0.15, 0.2) is 0 Å². The first kappa shape index (κ1) is 35.5. The fraction of sp³-hybridized carbons (Fsp3) is 0.351. The van der Waals surface area contributed by atoms with E-state index < -0.39 is 42.0 Å². The second kappa shape index (κ2) is 16.5. The molecule has 0 aliphatic carbocycles. The number of aldehydes is 1. The van der Waals surface area contributed by atoms with Gasteiger partial charge in [-0.25, -0.2) is 0 Å². The molecule has 11 nitrogen and oxygen atoms in total. The molecule has 0 spiro atoms. The van der Waals surface area contributed by atoms with Gasteiger partial charge in [0, 0.05) is 12.8 Å². The highest BCUT2D eigenvalue weighted by Gasteiger charge is 2.37. The van der Waals surface area contributed by atoms with E-state index in [0.717, 1.165) is 11.1 Å². The van der Waals surface area contributed by atoms with Crippen LogP contribution in [0.25, 0.3) is 0 Å². The van der Waals surface area contributed by atoms with Crippen molar-refractivity contribution in [3.63, 3.8) is 0 Å². The Hall–Kier alpha value is -5.32. The molecule has 1 heterocycles. The largest absolute Gasteiger partial charge is 0.460 e. The van der Waals surface area contributed by atoms with Crippen LogP contribution in [0.3, 0.4) is 0 Å². The number of aryl methyl sites for hydroxylation is 2. The van der Waals surface area contributed by atoms with Gasteiger partial charge in [-0.05, 0) is 56.9 Å². The highest BCUT2D eigenvalue weighted by Crippen LogP contribution is 2.33. The number of hydrogen-bond donors (Lipinski definition) is 2. The maximum atomic E-state index is 14.1. The van der Waals surface area contributed by atoms with Crippen molar-refractivity contribution in [3.05, 3.63) is 96.1 Å². The summed E-state index contributed by atoms with van der Waals surface area (Å²) in [5, 5.41) is 5.30. The van der Waals surface area contributed by atoms with Gasteiger partial charge in [-0.2, -0.15) is 0 Å². The molecule has 0 bridgehead atoms. The highest BCUT2D eigenvalue weighted by atomic mass is 16.6. The van der Waals surface area contributed by atoms with E-state index in [1.807, 2.05) is 60.7 Å². The van der Waals surface area contributed by atoms with E-state index in [4.69, 9.17) is 4.74 Å². The van der Waals surface area contributed by atoms with E-state index >= 15 is 0 Å². The van der Waals surface area contributed by atoms with Crippen molar-refractivity contribution < 1.29 is 33.5 Å². The summed E-state index contributed by atoms with van der Waals surface area (Å²) in [6.07, 6.45) is 1.22. The normalized spacial score (nSPS) is 15.1. The van der Waals surface area contributed by atoms with Crippen LogP contribution in [-0.2, 0) is 46.3 Å². The number of carbonyl (C=O) groups is 6. The molecule has 0 radical (unpaired) electrons. The van der Waals surface area contributed by atoms with Gasteiger partial charge in [0.25, 0.3) is 5.91 Å². The Morgan fingerprint density at radius 1 is 0.833 bits per heavy atom. The quantitative estimate of drug-likeness (QED) is 0.212. The molecule has 0 saturated carbocycles. The number of nitrogens with zero attached hydrogens (tertiary/aromatic N) is 2. The second-order valence-electron chi connectivity index (χ2n) is 12.6. The lowest BCUT2D eigenvalue weighted by atomic mass is 10.1. The molecule has 2 N–H and O–H groups in total. The topological polar surface area (TPSA) is 142 Å². The van der Waals surface area contributed by atoms with Crippen molar-refractivity contribution in [3.8, 4) is 0 Å². The Kier molecular flexibility index (Phi) is 12.2. The lowest BCUT2D eigenvalue weighted by Crippen LogP contribution is -2.54. The summed E-state index contributed by atoms with van der Waals surface area (Å²) in [5.74, 6) is -2.62. The van der Waals surface area contributed by atoms with Crippen LogP contribution >= 0.6 is 0 Å². The molecular formula is C37H42N4O7. The Balaban J connectivity index is 1.57. The Morgan fingerprint density at radius 3 is 1.98 bits per heavy atom. The van der Waals surface area contributed by atoms with Gasteiger partial charge in [-0.15, -0.1) is 0 Å². The predicted octanol–water partition coefficient (Wildman–Crippen LogP) is 3.53. The average molecular weight is 655 g/mol. The monoisotopic (exact) mass is 654 g/mol. The molecule has 3 aromatic carbocycles. The van der Waals surface area contributed by atoms with Gasteiger partial charge in [0.2, 0.25) is 17.7 Å². The molecule has 2 atom stereocenters. The van der Waals surface area contributed by atoms with E-state index in [9.17, 15) is 28.8 Å². The van der Waals surface area contributed by atoms with E-state index in [1.165, 1.54) is 9.80 Å². The molecule has 1 aliphatic heterocycles. The van der Waals surface area contributed by atoms with Crippen LogP contribution in [0.2, 0.25) is 0 Å². The number of rotatable bonds is 13. The number of anilines is 2. The van der Waals surface area contributed by atoms with Crippen molar-refractivity contribution in [2.45, 2.75) is 70.6 Å². The van der Waals surface area contributed by atoms with Crippen LogP contribution in [0.4, 0.5) is 11.4 Å². The number of para-hydroxylation sites is 2. The van der Waals surface area contributed by atoms with Crippen LogP contribution in [0.5, 0.6) is 0 Å². The molecule has 0 fully saturated rings. The standard InChI is InChI=1S/C37H42N4O7/c1-37(2,3)48-35(46)22-28(25-42)38-33(44)24-41-31-17-11-10-16-30(31)40(34(45)21-19-27-14-8-5-9-15-27)23-29(36(41)47)39-32(43)20-18-26-12-6-4-7-13-26/h4-17,25,28-29H,18-24H2,1-3H3,(H,38,44)(H,39,43). The van der Waals surface area contributed by atoms with Gasteiger partial charge >= 0.3 is 5.97 Å². The molecule has 0 saturated heterocycles. The maximum Gasteiger partial charge on any atom is 0.308 e. The summed E-state index contributed by atoms with van der Waals surface area (Å²) in [6.45, 7) is 4.39. The fourth-order valence-corrected chi connectivity index (χ4v) is 5.39. The summed E-state index contributed by atoms with van der Waals surface area (Å²) < 4.78 is 5.27. The van der Waals surface area contributed by atoms with Crippen molar-refractivity contribution in [2.24, 2.45) is 0 Å². The van der Waals surface area contributed by atoms with Crippen molar-refractivity contribution >= 4 is 47.3 Å². The number of ether oxygens (including phenoxy) is 1. The summed E-state index contributed by atoms with van der Waals surface area (Å²) in [5.41, 5.74) is 1.85. The lowest BCUT2D eigenvalue weighted by Gasteiger charge is -2.26. The Morgan fingerprint density at radius 2 is 1.40 bits per heavy atom. The van der Waals surface area contributed by atoms with Crippen LogP contribution in [0, 0.1) is 0 Å². The van der Waals surface area contributed by atoms with Crippen LogP contribution in [-0.4, -0.2) is 66.7 Å². The first-order chi connectivity index (χ1) is 22.9. The number of hydrogen-bond acceptors (Lipinski definition) is 7. The average Bonchev–Trinajstić information content (AvgIpc) is 3.17. The van der Waals surface area contributed by atoms with Crippen LogP contribution in [0.15, 0.2) is 84.9 Å². The Bertz CT molecular complexity index is 1600. The minimum absolute atomic E-state index is 0.106. The van der Waals surface area contributed by atoms with Crippen molar-refractivity contribution in [2.75, 3.05) is 22.9 Å². The summed E-state index contributed by atoms with van der Waals surface area (Å²) >= 11 is 0. The van der Waals surface area contributed by atoms with E-state index in [1.54, 1.807) is 45.0 Å². The third-order valence-corrected chi connectivity index (χ3v) is 7.60. The minimum atomic E-state index is -1.19. The second-order valence-corrected chi connectivity index (χ2v) is 12.6. The number of nitrogens with one attached hydrogen (secondary N) is 2. The van der Waals surface area contributed by atoms with Crippen molar-refractivity contribution in [1.82, 2.24) is 10.6 Å². The Labute approximate surface area is 280 Å². The predicted molar refractivity (Wildman–Crippen MR) is 181 cm³/mol. The molecule has 252 valence electrons. The number of benzene rings is 3. The molecule has 11 heteroatoms. The molecule has 3 aromatic rings. The smallest absolute Gasteiger partial charge is 0.308 e. The molecule has 48 heavy (non-hydrogen) atoms. The highest BCUT2D eigenvalue weighted by molar-refractivity contribution is 6.10. The zero-order valence-electron chi connectivity index (χ0n) is 27.5. The van der Waals surface area contributed by atoms with Gasteiger partial charge in [-0.1, -0.05) is 72.8 Å². The SMILES string of the molecule is CC(C)(C)OC(=O)CC(C=O)NC(=O)CN1C(=O)C(NC(=O)CCc2ccccc2)CN(C(=O)CCc2ccccc2)c2ccccc21. The zero-order chi connectivity index (χ0) is 34.7. The molecule has 1 aliphatic rings. The molecule has 0 aromatic heterocycles. The van der Waals surface area contributed by atoms with Crippen LogP contribution < -0.4 is 20.4 Å². The van der Waals surface area contributed by atoms with Crippen LogP contribution in [0.1, 0.15) is 51.2 Å². The number of fused-ring (bicyclic) bond motifs is 1. The third kappa shape index (κ3) is 10.3. The summed E-state index contributed by atoms with van der Waals surface area (Å²) in [4.78, 5) is 81.2. The first-order valence-corrected chi connectivity index (χ1v) is 16.0. The molecule has 4 rings (SSSR count). The van der Waals surface area contributed by atoms with Crippen molar-refractivity contribution in [1.29, 1.82) is 0 Å². The lowest BCUT2D eigenvalue weighted by molar-refractivity contribution is -0.156. The van der Waals surface area contributed by atoms with E-state index in [-0.39, 0.29) is 37.6 Å². The first-order valence-electron chi connectivity index (χ1n) is 16.0. The van der Waals surface area contributed by atoms with E-state index in [2.05, 4.69) is 10.6 Å². The van der Waals surface area contributed by atoms with E-state index in [0.29, 0.717) is 30.5 Å². The zero-order valence-corrected chi connectivity index (χ0v) is 27.5. The van der Waals surface area contributed by atoms with Gasteiger partial charge in [0.05, 0.1) is 30.4 Å².